The van der Waals surface area contributed by atoms with Gasteiger partial charge in [-0.2, -0.15) is 0 Å². The zero-order chi connectivity index (χ0) is 9.54. The first kappa shape index (κ1) is 7.74. The zero-order valence-corrected chi connectivity index (χ0v) is 8.12. The fourth-order valence-electron chi connectivity index (χ4n) is 2.16. The Morgan fingerprint density at radius 1 is 1.07 bits per heavy atom. The fourth-order valence-corrected chi connectivity index (χ4v) is 2.16. The second-order valence-electron chi connectivity index (χ2n) is 3.82. The van der Waals surface area contributed by atoms with Crippen LogP contribution in [0.2, 0.25) is 0 Å². The molecule has 1 aliphatic heterocycles. The van der Waals surface area contributed by atoms with Crippen LogP contribution in [-0.4, -0.2) is 5.71 Å². The molecule has 0 bridgehead atoms. The summed E-state index contributed by atoms with van der Waals surface area (Å²) in [6, 6.07) is 12.8. The number of hydrogen-bond donors (Lipinski definition) is 0. The molecular weight excluding hydrogens is 170 g/mol. The van der Waals surface area contributed by atoms with Crippen molar-refractivity contribution in [3.63, 3.8) is 0 Å². The highest BCUT2D eigenvalue weighted by atomic mass is 14.8. The van der Waals surface area contributed by atoms with E-state index in [0.717, 1.165) is 12.1 Å². The van der Waals surface area contributed by atoms with Gasteiger partial charge in [0, 0.05) is 17.5 Å². The molecule has 1 aliphatic rings. The van der Waals surface area contributed by atoms with Gasteiger partial charge in [-0.3, -0.25) is 4.99 Å². The SMILES string of the molecule is CC1=Nc2cccc3cccc(c23)C1. The van der Waals surface area contributed by atoms with Crippen LogP contribution in [0, 0.1) is 0 Å². The van der Waals surface area contributed by atoms with Gasteiger partial charge in [-0.15, -0.1) is 0 Å². The highest BCUT2D eigenvalue weighted by Gasteiger charge is 2.11. The van der Waals surface area contributed by atoms with Gasteiger partial charge in [0.2, 0.25) is 0 Å². The number of nitrogens with zero attached hydrogens (tertiary/aromatic N) is 1. The summed E-state index contributed by atoms with van der Waals surface area (Å²) in [5.41, 5.74) is 3.74. The van der Waals surface area contributed by atoms with Gasteiger partial charge in [0.05, 0.1) is 5.69 Å². The summed E-state index contributed by atoms with van der Waals surface area (Å²) in [5, 5.41) is 2.64. The molecule has 0 saturated heterocycles. The van der Waals surface area contributed by atoms with Gasteiger partial charge in [-0.25, -0.2) is 0 Å². The van der Waals surface area contributed by atoms with E-state index >= 15 is 0 Å². The van der Waals surface area contributed by atoms with Gasteiger partial charge >= 0.3 is 0 Å². The standard InChI is InChI=1S/C13H11N/c1-9-8-11-6-2-4-10-5-3-7-12(14-9)13(10)11/h2-7H,8H2,1H3. The lowest BCUT2D eigenvalue weighted by Gasteiger charge is -2.14. The number of benzene rings is 2. The molecule has 1 heteroatoms. The third-order valence-electron chi connectivity index (χ3n) is 2.73. The Kier molecular flexibility index (Phi) is 1.48. The summed E-state index contributed by atoms with van der Waals surface area (Å²) in [5.74, 6) is 0. The van der Waals surface area contributed by atoms with E-state index in [2.05, 4.69) is 48.3 Å². The number of aliphatic imine (C=N–C) groups is 1. The first-order valence-corrected chi connectivity index (χ1v) is 4.89. The summed E-state index contributed by atoms with van der Waals surface area (Å²) < 4.78 is 0. The van der Waals surface area contributed by atoms with Crippen LogP contribution in [0.4, 0.5) is 5.69 Å². The first-order chi connectivity index (χ1) is 6.84. The molecule has 0 unspecified atom stereocenters. The molecule has 1 nitrogen and oxygen atoms in total. The van der Waals surface area contributed by atoms with Crippen molar-refractivity contribution in [1.82, 2.24) is 0 Å². The van der Waals surface area contributed by atoms with Crippen LogP contribution in [0.5, 0.6) is 0 Å². The minimum absolute atomic E-state index is 0.994. The maximum Gasteiger partial charge on any atom is 0.0710 e. The highest BCUT2D eigenvalue weighted by molar-refractivity contribution is 6.03. The minimum atomic E-state index is 0.994. The molecule has 14 heavy (non-hydrogen) atoms. The monoisotopic (exact) mass is 181 g/mol. The van der Waals surface area contributed by atoms with Crippen LogP contribution in [0.1, 0.15) is 12.5 Å². The normalized spacial score (nSPS) is 14.2. The van der Waals surface area contributed by atoms with Gasteiger partial charge in [-0.05, 0) is 23.9 Å². The van der Waals surface area contributed by atoms with Crippen molar-refractivity contribution in [2.75, 3.05) is 0 Å². The molecule has 0 saturated carbocycles. The van der Waals surface area contributed by atoms with Gasteiger partial charge in [-0.1, -0.05) is 30.3 Å². The topological polar surface area (TPSA) is 12.4 Å². The Hall–Kier alpha value is -1.63. The van der Waals surface area contributed by atoms with Gasteiger partial charge in [0.25, 0.3) is 0 Å². The quantitative estimate of drug-likeness (QED) is 0.590. The van der Waals surface area contributed by atoms with Gasteiger partial charge < -0.3 is 0 Å². The average molecular weight is 181 g/mol. The van der Waals surface area contributed by atoms with Crippen molar-refractivity contribution in [3.8, 4) is 0 Å². The van der Waals surface area contributed by atoms with Crippen molar-refractivity contribution >= 4 is 22.2 Å². The minimum Gasteiger partial charge on any atom is -0.257 e. The van der Waals surface area contributed by atoms with E-state index in [4.69, 9.17) is 0 Å². The molecule has 1 heterocycles. The molecule has 0 amide bonds. The molecule has 0 N–H and O–H groups in total. The van der Waals surface area contributed by atoms with E-state index in [9.17, 15) is 0 Å². The van der Waals surface area contributed by atoms with Crippen molar-refractivity contribution < 1.29 is 0 Å². The summed E-state index contributed by atoms with van der Waals surface area (Å²) in [7, 11) is 0. The van der Waals surface area contributed by atoms with E-state index in [0.29, 0.717) is 0 Å². The molecule has 2 aromatic rings. The average Bonchev–Trinajstić information content (AvgIpc) is 2.18. The van der Waals surface area contributed by atoms with Crippen molar-refractivity contribution in [2.45, 2.75) is 13.3 Å². The van der Waals surface area contributed by atoms with E-state index < -0.39 is 0 Å². The third-order valence-corrected chi connectivity index (χ3v) is 2.73. The third kappa shape index (κ3) is 0.987. The van der Waals surface area contributed by atoms with Gasteiger partial charge in [0.15, 0.2) is 0 Å². The van der Waals surface area contributed by atoms with E-state index in [-0.39, 0.29) is 0 Å². The summed E-state index contributed by atoms with van der Waals surface area (Å²) in [4.78, 5) is 4.58. The molecule has 2 aromatic carbocycles. The lowest BCUT2D eigenvalue weighted by atomic mass is 9.97. The van der Waals surface area contributed by atoms with Crippen LogP contribution < -0.4 is 0 Å². The molecule has 0 aromatic heterocycles. The Morgan fingerprint density at radius 3 is 2.71 bits per heavy atom. The Labute approximate surface area is 83.1 Å². The lowest BCUT2D eigenvalue weighted by Crippen LogP contribution is -2.02. The van der Waals surface area contributed by atoms with Crippen LogP contribution in [0.3, 0.4) is 0 Å². The van der Waals surface area contributed by atoms with Crippen molar-refractivity contribution in [2.24, 2.45) is 4.99 Å². The fraction of sp³-hybridized carbons (Fsp3) is 0.154. The Bertz CT molecular complexity index is 533. The molecule has 0 radical (unpaired) electrons. The molecule has 0 spiro atoms. The maximum absolute atomic E-state index is 4.58. The van der Waals surface area contributed by atoms with Crippen LogP contribution >= 0.6 is 0 Å². The largest absolute Gasteiger partial charge is 0.257 e. The van der Waals surface area contributed by atoms with Crippen LogP contribution in [-0.2, 0) is 6.42 Å². The number of hydrogen-bond acceptors (Lipinski definition) is 1. The Balaban J connectivity index is 2.50. The second-order valence-corrected chi connectivity index (χ2v) is 3.82. The molecule has 0 atom stereocenters. The van der Waals surface area contributed by atoms with E-state index in [1.54, 1.807) is 0 Å². The lowest BCUT2D eigenvalue weighted by molar-refractivity contribution is 1.28. The zero-order valence-electron chi connectivity index (χ0n) is 8.12. The number of rotatable bonds is 0. The van der Waals surface area contributed by atoms with Crippen LogP contribution in [0.15, 0.2) is 41.4 Å². The molecular formula is C13H11N. The highest BCUT2D eigenvalue weighted by Crippen LogP contribution is 2.32. The molecule has 0 aliphatic carbocycles. The smallest absolute Gasteiger partial charge is 0.0710 e. The van der Waals surface area contributed by atoms with E-state index in [1.807, 2.05) is 0 Å². The summed E-state index contributed by atoms with van der Waals surface area (Å²) in [6.45, 7) is 2.09. The predicted molar refractivity (Wildman–Crippen MR) is 60.4 cm³/mol. The molecule has 0 fully saturated rings. The predicted octanol–water partition coefficient (Wildman–Crippen LogP) is 3.49. The van der Waals surface area contributed by atoms with Crippen molar-refractivity contribution in [1.29, 1.82) is 0 Å². The second kappa shape index (κ2) is 2.68. The summed E-state index contributed by atoms with van der Waals surface area (Å²) in [6.07, 6.45) is 0.994. The van der Waals surface area contributed by atoms with Crippen LogP contribution in [0.25, 0.3) is 10.8 Å². The van der Waals surface area contributed by atoms with E-state index in [1.165, 1.54) is 22.0 Å². The summed E-state index contributed by atoms with van der Waals surface area (Å²) >= 11 is 0. The Morgan fingerprint density at radius 2 is 1.86 bits per heavy atom. The molecule has 68 valence electrons. The molecule has 3 rings (SSSR count). The maximum atomic E-state index is 4.58. The first-order valence-electron chi connectivity index (χ1n) is 4.89. The van der Waals surface area contributed by atoms with Gasteiger partial charge in [0.1, 0.15) is 0 Å². The van der Waals surface area contributed by atoms with Crippen molar-refractivity contribution in [3.05, 3.63) is 42.0 Å².